The van der Waals surface area contributed by atoms with Crippen LogP contribution in [0.5, 0.6) is 0 Å². The SMILES string of the molecule is O=C(CCN1CCN(c2ccc(C(F)(F)F)cc2)CC1)N1CCC(Nc2ccc(SC(F)(F)F)cc2)CC1. The summed E-state index contributed by atoms with van der Waals surface area (Å²) in [5.74, 6) is 0.0992. The minimum absolute atomic E-state index is 0.0992. The Morgan fingerprint density at radius 3 is 2.00 bits per heavy atom. The Hall–Kier alpha value is -2.60. The third-order valence-corrected chi connectivity index (χ3v) is 7.62. The van der Waals surface area contributed by atoms with Gasteiger partial charge in [-0.25, -0.2) is 0 Å². The summed E-state index contributed by atoms with van der Waals surface area (Å²) < 4.78 is 75.8. The molecular weight excluding hydrogens is 530 g/mol. The first-order valence-corrected chi connectivity index (χ1v) is 13.3. The number of benzene rings is 2. The summed E-state index contributed by atoms with van der Waals surface area (Å²) in [5, 5.41) is 3.35. The molecule has 2 fully saturated rings. The van der Waals surface area contributed by atoms with Gasteiger partial charge in [-0.1, -0.05) is 0 Å². The van der Waals surface area contributed by atoms with Crippen LogP contribution in [-0.2, 0) is 11.0 Å². The van der Waals surface area contributed by atoms with Crippen LogP contribution < -0.4 is 10.2 Å². The molecule has 5 nitrogen and oxygen atoms in total. The Bertz CT molecular complexity index is 1050. The Kier molecular flexibility index (Phi) is 9.02. The van der Waals surface area contributed by atoms with Gasteiger partial charge >= 0.3 is 11.7 Å². The lowest BCUT2D eigenvalue weighted by Gasteiger charge is -2.37. The second-order valence-electron chi connectivity index (χ2n) is 9.49. The first kappa shape index (κ1) is 28.4. The van der Waals surface area contributed by atoms with E-state index in [1.54, 1.807) is 12.1 Å². The van der Waals surface area contributed by atoms with Gasteiger partial charge < -0.3 is 15.1 Å². The first-order valence-electron chi connectivity index (χ1n) is 12.5. The van der Waals surface area contributed by atoms with E-state index in [-0.39, 0.29) is 28.6 Å². The molecule has 0 atom stereocenters. The largest absolute Gasteiger partial charge is 0.446 e. The van der Waals surface area contributed by atoms with Crippen LogP contribution in [0.25, 0.3) is 0 Å². The molecule has 2 aliphatic heterocycles. The monoisotopic (exact) mass is 560 g/mol. The highest BCUT2D eigenvalue weighted by Gasteiger charge is 2.31. The molecule has 0 unspecified atom stereocenters. The lowest BCUT2D eigenvalue weighted by Crippen LogP contribution is -2.48. The molecule has 0 aromatic heterocycles. The van der Waals surface area contributed by atoms with Crippen molar-refractivity contribution in [2.75, 3.05) is 56.0 Å². The van der Waals surface area contributed by atoms with E-state index in [1.165, 1.54) is 24.3 Å². The normalized spacial score (nSPS) is 18.1. The Morgan fingerprint density at radius 1 is 0.842 bits per heavy atom. The van der Waals surface area contributed by atoms with Crippen LogP contribution in [0.4, 0.5) is 37.7 Å². The van der Waals surface area contributed by atoms with Crippen molar-refractivity contribution < 1.29 is 31.1 Å². The van der Waals surface area contributed by atoms with Crippen LogP contribution >= 0.6 is 11.8 Å². The van der Waals surface area contributed by atoms with Gasteiger partial charge in [0.05, 0.1) is 5.56 Å². The highest BCUT2D eigenvalue weighted by atomic mass is 32.2. The molecule has 12 heteroatoms. The summed E-state index contributed by atoms with van der Waals surface area (Å²) >= 11 is -0.138. The van der Waals surface area contributed by atoms with Gasteiger partial charge in [-0.2, -0.15) is 26.3 Å². The highest BCUT2D eigenvalue weighted by Crippen LogP contribution is 2.37. The van der Waals surface area contributed by atoms with Gasteiger partial charge in [0.2, 0.25) is 5.91 Å². The average Bonchev–Trinajstić information content (AvgIpc) is 2.88. The van der Waals surface area contributed by atoms with Crippen LogP contribution in [0.3, 0.4) is 0 Å². The van der Waals surface area contributed by atoms with E-state index in [2.05, 4.69) is 15.1 Å². The van der Waals surface area contributed by atoms with Crippen LogP contribution in [0, 0.1) is 0 Å². The zero-order chi connectivity index (χ0) is 27.3. The van der Waals surface area contributed by atoms with Crippen LogP contribution in [-0.4, -0.2) is 73.1 Å². The zero-order valence-corrected chi connectivity index (χ0v) is 21.5. The van der Waals surface area contributed by atoms with Gasteiger partial charge in [0.1, 0.15) is 0 Å². The number of hydrogen-bond donors (Lipinski definition) is 1. The standard InChI is InChI=1S/C26H30F6N4OS/c27-25(28,29)19-1-5-22(6-2-19)35-17-15-34(16-18-35)12-11-24(37)36-13-9-21(10-14-36)33-20-3-7-23(8-4-20)38-26(30,31)32/h1-8,21,33H,9-18H2. The number of hydrogen-bond acceptors (Lipinski definition) is 5. The van der Waals surface area contributed by atoms with Gasteiger partial charge in [0.25, 0.3) is 0 Å². The van der Waals surface area contributed by atoms with Crippen molar-refractivity contribution in [1.29, 1.82) is 0 Å². The van der Waals surface area contributed by atoms with Crippen molar-refractivity contribution in [3.05, 3.63) is 54.1 Å². The maximum absolute atomic E-state index is 12.8. The number of carbonyl (C=O) groups is 1. The maximum atomic E-state index is 12.8. The number of alkyl halides is 6. The molecule has 0 radical (unpaired) electrons. The fraction of sp³-hybridized carbons (Fsp3) is 0.500. The van der Waals surface area contributed by atoms with Crippen molar-refractivity contribution in [3.63, 3.8) is 0 Å². The first-order chi connectivity index (χ1) is 18.0. The number of likely N-dealkylation sites (tertiary alicyclic amines) is 1. The third kappa shape index (κ3) is 8.20. The Labute approximate surface area is 222 Å². The van der Waals surface area contributed by atoms with Crippen LogP contribution in [0.2, 0.25) is 0 Å². The van der Waals surface area contributed by atoms with E-state index in [0.717, 1.165) is 49.4 Å². The maximum Gasteiger partial charge on any atom is 0.446 e. The molecular formula is C26H30F6N4OS. The van der Waals surface area contributed by atoms with Crippen LogP contribution in [0.1, 0.15) is 24.8 Å². The van der Waals surface area contributed by atoms with E-state index in [1.807, 2.05) is 4.90 Å². The summed E-state index contributed by atoms with van der Waals surface area (Å²) in [6.07, 6.45) is -2.41. The predicted molar refractivity (Wildman–Crippen MR) is 136 cm³/mol. The third-order valence-electron chi connectivity index (χ3n) is 6.88. The fourth-order valence-corrected chi connectivity index (χ4v) is 5.30. The summed E-state index contributed by atoms with van der Waals surface area (Å²) in [4.78, 5) is 19.0. The minimum atomic E-state index is -4.34. The molecule has 2 heterocycles. The van der Waals surface area contributed by atoms with Crippen molar-refractivity contribution >= 4 is 29.0 Å². The van der Waals surface area contributed by atoms with Gasteiger partial charge in [-0.3, -0.25) is 9.69 Å². The second kappa shape index (κ2) is 12.1. The summed E-state index contributed by atoms with van der Waals surface area (Å²) in [5.41, 5.74) is -3.44. The van der Waals surface area contributed by atoms with Crippen molar-refractivity contribution in [2.45, 2.75) is 41.9 Å². The second-order valence-corrected chi connectivity index (χ2v) is 10.6. The van der Waals surface area contributed by atoms with E-state index in [9.17, 15) is 31.1 Å². The molecule has 0 aliphatic carbocycles. The molecule has 0 spiro atoms. The summed E-state index contributed by atoms with van der Waals surface area (Å²) in [6, 6.07) is 11.5. The lowest BCUT2D eigenvalue weighted by molar-refractivity contribution is -0.137. The van der Waals surface area contributed by atoms with Crippen molar-refractivity contribution in [3.8, 4) is 0 Å². The topological polar surface area (TPSA) is 38.8 Å². The van der Waals surface area contributed by atoms with E-state index >= 15 is 0 Å². The number of halogens is 6. The average molecular weight is 561 g/mol. The molecule has 38 heavy (non-hydrogen) atoms. The van der Waals surface area contributed by atoms with Crippen LogP contribution in [0.15, 0.2) is 53.4 Å². The summed E-state index contributed by atoms with van der Waals surface area (Å²) in [7, 11) is 0. The molecule has 2 aromatic rings. The number of amides is 1. The van der Waals surface area contributed by atoms with Crippen molar-refractivity contribution in [2.24, 2.45) is 0 Å². The van der Waals surface area contributed by atoms with Gasteiger partial charge in [-0.05, 0) is 73.1 Å². The van der Waals surface area contributed by atoms with E-state index < -0.39 is 17.2 Å². The Morgan fingerprint density at radius 2 is 1.45 bits per heavy atom. The van der Waals surface area contributed by atoms with Gasteiger partial charge in [0, 0.05) is 74.5 Å². The van der Waals surface area contributed by atoms with Gasteiger partial charge in [0.15, 0.2) is 0 Å². The van der Waals surface area contributed by atoms with Crippen molar-refractivity contribution in [1.82, 2.24) is 9.80 Å². The number of carbonyl (C=O) groups excluding carboxylic acids is 1. The molecule has 1 N–H and O–H groups in total. The number of thioether (sulfide) groups is 1. The molecule has 0 saturated carbocycles. The fourth-order valence-electron chi connectivity index (χ4n) is 4.76. The molecule has 2 saturated heterocycles. The summed E-state index contributed by atoms with van der Waals surface area (Å²) in [6.45, 7) is 4.74. The molecule has 208 valence electrons. The molecule has 4 rings (SSSR count). The predicted octanol–water partition coefficient (Wildman–Crippen LogP) is 5.93. The number of piperidine rings is 1. The number of anilines is 2. The number of nitrogens with one attached hydrogen (secondary N) is 1. The Balaban J connectivity index is 1.14. The number of rotatable bonds is 7. The minimum Gasteiger partial charge on any atom is -0.382 e. The zero-order valence-electron chi connectivity index (χ0n) is 20.7. The molecule has 0 bridgehead atoms. The van der Waals surface area contributed by atoms with Gasteiger partial charge in [-0.15, -0.1) is 0 Å². The number of piperazine rings is 1. The molecule has 2 aromatic carbocycles. The van der Waals surface area contributed by atoms with E-state index in [4.69, 9.17) is 0 Å². The number of nitrogens with zero attached hydrogens (tertiary/aromatic N) is 3. The molecule has 1 amide bonds. The molecule has 2 aliphatic rings. The lowest BCUT2D eigenvalue weighted by atomic mass is 10.0. The smallest absolute Gasteiger partial charge is 0.382 e. The highest BCUT2D eigenvalue weighted by molar-refractivity contribution is 8.00. The van der Waals surface area contributed by atoms with E-state index in [0.29, 0.717) is 39.1 Å². The quantitative estimate of drug-likeness (QED) is 0.336.